The van der Waals surface area contributed by atoms with Crippen LogP contribution in [-0.4, -0.2) is 26.1 Å². The van der Waals surface area contributed by atoms with Crippen LogP contribution in [0, 0.1) is 13.8 Å². The van der Waals surface area contributed by atoms with E-state index in [0.29, 0.717) is 16.8 Å². The van der Waals surface area contributed by atoms with Gasteiger partial charge >= 0.3 is 0 Å². The minimum atomic E-state index is -0.559. The van der Waals surface area contributed by atoms with Gasteiger partial charge in [-0.1, -0.05) is 15.9 Å². The van der Waals surface area contributed by atoms with Crippen LogP contribution >= 0.6 is 15.9 Å². The number of hydrogen-bond acceptors (Lipinski definition) is 3. The summed E-state index contributed by atoms with van der Waals surface area (Å²) in [5.74, 6) is 0.634. The molecule has 1 unspecified atom stereocenters. The highest BCUT2D eigenvalue weighted by atomic mass is 79.9. The maximum absolute atomic E-state index is 11.5. The van der Waals surface area contributed by atoms with Crippen molar-refractivity contribution in [3.8, 4) is 0 Å². The average Bonchev–Trinajstić information content (AvgIpc) is 2.10. The molecule has 78 valence electrons. The van der Waals surface area contributed by atoms with E-state index in [1.807, 2.05) is 0 Å². The van der Waals surface area contributed by atoms with Crippen molar-refractivity contribution < 1.29 is 5.11 Å². The minimum Gasteiger partial charge on any atom is -0.390 e. The molecular formula is C9H13BrN2O2. The number of aliphatic hydroxyl groups excluding tert-OH is 1. The Balaban J connectivity index is 3.03. The van der Waals surface area contributed by atoms with Crippen molar-refractivity contribution in [3.05, 3.63) is 27.9 Å². The van der Waals surface area contributed by atoms with Crippen LogP contribution in [0.25, 0.3) is 0 Å². The van der Waals surface area contributed by atoms with Crippen molar-refractivity contribution in [2.45, 2.75) is 26.5 Å². The zero-order chi connectivity index (χ0) is 10.7. The summed E-state index contributed by atoms with van der Waals surface area (Å²) in [5.41, 5.74) is 0.590. The Hall–Kier alpha value is -0.680. The van der Waals surface area contributed by atoms with Crippen LogP contribution in [0.5, 0.6) is 0 Å². The average molecular weight is 261 g/mol. The highest BCUT2D eigenvalue weighted by Gasteiger charge is 2.07. The molecule has 1 aromatic rings. The summed E-state index contributed by atoms with van der Waals surface area (Å²) in [6.07, 6.45) is -0.559. The number of halogens is 1. The standard InChI is InChI=1S/C9H13BrN2O2/c1-6-3-9(14)12(7(2)11-6)5-8(13)4-10/h3,8,13H,4-5H2,1-2H3. The molecule has 0 saturated carbocycles. The number of aliphatic hydroxyl groups is 1. The number of aryl methyl sites for hydroxylation is 2. The molecule has 0 radical (unpaired) electrons. The lowest BCUT2D eigenvalue weighted by Crippen LogP contribution is -2.29. The summed E-state index contributed by atoms with van der Waals surface area (Å²) in [5, 5.41) is 9.85. The first-order chi connectivity index (χ1) is 6.54. The second-order valence-electron chi connectivity index (χ2n) is 3.20. The number of alkyl halides is 1. The topological polar surface area (TPSA) is 55.1 Å². The minimum absolute atomic E-state index is 0.116. The van der Waals surface area contributed by atoms with Crippen molar-refractivity contribution in [2.24, 2.45) is 0 Å². The molecule has 0 saturated heterocycles. The predicted molar refractivity (Wildman–Crippen MR) is 57.8 cm³/mol. The largest absolute Gasteiger partial charge is 0.390 e. The highest BCUT2D eigenvalue weighted by molar-refractivity contribution is 9.09. The second-order valence-corrected chi connectivity index (χ2v) is 3.85. The van der Waals surface area contributed by atoms with E-state index in [-0.39, 0.29) is 12.1 Å². The number of nitrogens with zero attached hydrogens (tertiary/aromatic N) is 2. The quantitative estimate of drug-likeness (QED) is 0.811. The zero-order valence-electron chi connectivity index (χ0n) is 8.20. The van der Waals surface area contributed by atoms with Crippen LogP contribution < -0.4 is 5.56 Å². The van der Waals surface area contributed by atoms with Gasteiger partial charge in [0.05, 0.1) is 12.6 Å². The molecule has 0 spiro atoms. The maximum atomic E-state index is 11.5. The Morgan fingerprint density at radius 3 is 2.79 bits per heavy atom. The summed E-state index contributed by atoms with van der Waals surface area (Å²) in [4.78, 5) is 15.7. The number of rotatable bonds is 3. The third-order valence-electron chi connectivity index (χ3n) is 1.90. The molecule has 5 heteroatoms. The van der Waals surface area contributed by atoms with Gasteiger partial charge in [0.15, 0.2) is 0 Å². The van der Waals surface area contributed by atoms with Crippen LogP contribution in [0.4, 0.5) is 0 Å². The van der Waals surface area contributed by atoms with E-state index >= 15 is 0 Å². The van der Waals surface area contributed by atoms with Gasteiger partial charge in [0.1, 0.15) is 5.82 Å². The van der Waals surface area contributed by atoms with Crippen molar-refractivity contribution in [1.29, 1.82) is 0 Å². The molecule has 4 nitrogen and oxygen atoms in total. The van der Waals surface area contributed by atoms with Crippen LogP contribution in [-0.2, 0) is 6.54 Å². The first kappa shape index (κ1) is 11.4. The van der Waals surface area contributed by atoms with Gasteiger partial charge in [-0.15, -0.1) is 0 Å². The van der Waals surface area contributed by atoms with Gasteiger partial charge in [-0.05, 0) is 13.8 Å². The van der Waals surface area contributed by atoms with E-state index in [4.69, 9.17) is 0 Å². The summed E-state index contributed by atoms with van der Waals surface area (Å²) in [6.45, 7) is 3.82. The summed E-state index contributed by atoms with van der Waals surface area (Å²) in [7, 11) is 0. The van der Waals surface area contributed by atoms with Gasteiger partial charge in [-0.25, -0.2) is 4.98 Å². The molecule has 0 aliphatic carbocycles. The lowest BCUT2D eigenvalue weighted by atomic mass is 10.3. The first-order valence-corrected chi connectivity index (χ1v) is 5.46. The lowest BCUT2D eigenvalue weighted by Gasteiger charge is -2.12. The smallest absolute Gasteiger partial charge is 0.253 e. The molecule has 0 aliphatic heterocycles. The van der Waals surface area contributed by atoms with E-state index in [1.165, 1.54) is 10.6 Å². The van der Waals surface area contributed by atoms with Crippen molar-refractivity contribution in [1.82, 2.24) is 9.55 Å². The van der Waals surface area contributed by atoms with Crippen LogP contribution in [0.2, 0.25) is 0 Å². The van der Waals surface area contributed by atoms with Crippen LogP contribution in [0.15, 0.2) is 10.9 Å². The van der Waals surface area contributed by atoms with Gasteiger partial charge in [0, 0.05) is 17.1 Å². The normalized spacial score (nSPS) is 12.9. The third-order valence-corrected chi connectivity index (χ3v) is 2.65. The highest BCUT2D eigenvalue weighted by Crippen LogP contribution is 1.98. The Morgan fingerprint density at radius 1 is 1.64 bits per heavy atom. The molecule has 0 bridgehead atoms. The molecular weight excluding hydrogens is 248 g/mol. The molecule has 1 atom stereocenters. The van der Waals surface area contributed by atoms with Gasteiger partial charge in [0.2, 0.25) is 0 Å². The molecule has 14 heavy (non-hydrogen) atoms. The predicted octanol–water partition coefficient (Wildman–Crippen LogP) is 0.616. The zero-order valence-corrected chi connectivity index (χ0v) is 9.78. The van der Waals surface area contributed by atoms with E-state index in [0.717, 1.165) is 0 Å². The van der Waals surface area contributed by atoms with Crippen LogP contribution in [0.1, 0.15) is 11.5 Å². The Labute approximate surface area is 90.7 Å². The molecule has 0 aromatic carbocycles. The van der Waals surface area contributed by atoms with Gasteiger partial charge < -0.3 is 5.11 Å². The SMILES string of the molecule is Cc1cc(=O)n(CC(O)CBr)c(C)n1. The summed E-state index contributed by atoms with van der Waals surface area (Å²) >= 11 is 3.15. The molecule has 1 aromatic heterocycles. The summed E-state index contributed by atoms with van der Waals surface area (Å²) < 4.78 is 1.47. The molecule has 1 heterocycles. The Bertz CT molecular complexity index is 376. The van der Waals surface area contributed by atoms with Gasteiger partial charge in [0.25, 0.3) is 5.56 Å². The molecule has 1 rings (SSSR count). The Kier molecular flexibility index (Phi) is 3.83. The fraction of sp³-hybridized carbons (Fsp3) is 0.556. The second kappa shape index (κ2) is 4.70. The maximum Gasteiger partial charge on any atom is 0.253 e. The number of hydrogen-bond donors (Lipinski definition) is 1. The molecule has 0 fully saturated rings. The van der Waals surface area contributed by atoms with Gasteiger partial charge in [-0.3, -0.25) is 9.36 Å². The van der Waals surface area contributed by atoms with E-state index in [9.17, 15) is 9.90 Å². The molecule has 1 N–H and O–H groups in total. The van der Waals surface area contributed by atoms with Crippen LogP contribution in [0.3, 0.4) is 0 Å². The van der Waals surface area contributed by atoms with E-state index < -0.39 is 6.10 Å². The fourth-order valence-corrected chi connectivity index (χ4v) is 1.45. The fourth-order valence-electron chi connectivity index (χ4n) is 1.25. The lowest BCUT2D eigenvalue weighted by molar-refractivity contribution is 0.176. The number of aromatic nitrogens is 2. The van der Waals surface area contributed by atoms with Crippen molar-refractivity contribution in [3.63, 3.8) is 0 Å². The van der Waals surface area contributed by atoms with E-state index in [2.05, 4.69) is 20.9 Å². The first-order valence-electron chi connectivity index (χ1n) is 4.33. The van der Waals surface area contributed by atoms with Crippen molar-refractivity contribution in [2.75, 3.05) is 5.33 Å². The van der Waals surface area contributed by atoms with E-state index in [1.54, 1.807) is 13.8 Å². The molecule has 0 amide bonds. The summed E-state index contributed by atoms with van der Waals surface area (Å²) in [6, 6.07) is 1.47. The monoisotopic (exact) mass is 260 g/mol. The van der Waals surface area contributed by atoms with Crippen molar-refractivity contribution >= 4 is 15.9 Å². The third kappa shape index (κ3) is 2.65. The Morgan fingerprint density at radius 2 is 2.29 bits per heavy atom. The molecule has 0 aliphatic rings. The van der Waals surface area contributed by atoms with Gasteiger partial charge in [-0.2, -0.15) is 0 Å².